The molecule has 1 N–H and O–H groups in total. The van der Waals surface area contributed by atoms with Crippen LogP contribution in [0, 0.1) is 0 Å². The number of rotatable bonds is 3. The second kappa shape index (κ2) is 7.37. The summed E-state index contributed by atoms with van der Waals surface area (Å²) in [5, 5.41) is 2.71. The Morgan fingerprint density at radius 3 is 2.56 bits per heavy atom. The standard InChI is InChI=1S/C16H21F3N4O2/c1-9(2)14-12(6-20-8-21-14)15(25)22-11-4-5-13(16(17,18)19)23(7-11)10(3)24/h6,8-9,11,13H,4-5,7H2,1-3H3,(H,22,25). The minimum absolute atomic E-state index is 0.00145. The highest BCUT2D eigenvalue weighted by Crippen LogP contribution is 2.32. The number of hydrogen-bond acceptors (Lipinski definition) is 4. The van der Waals surface area contributed by atoms with Gasteiger partial charge in [0.25, 0.3) is 5.91 Å². The summed E-state index contributed by atoms with van der Waals surface area (Å²) < 4.78 is 39.2. The number of halogens is 3. The molecule has 9 heteroatoms. The summed E-state index contributed by atoms with van der Waals surface area (Å²) in [6, 6.07) is -2.35. The summed E-state index contributed by atoms with van der Waals surface area (Å²) in [7, 11) is 0. The second-order valence-corrected chi connectivity index (χ2v) is 6.45. The summed E-state index contributed by atoms with van der Waals surface area (Å²) in [6.07, 6.45) is -1.83. The Labute approximate surface area is 143 Å². The lowest BCUT2D eigenvalue weighted by atomic mass is 9.97. The molecule has 2 heterocycles. The van der Waals surface area contributed by atoms with Crippen molar-refractivity contribution in [2.45, 2.75) is 57.8 Å². The molecule has 1 aromatic rings. The van der Waals surface area contributed by atoms with E-state index in [2.05, 4.69) is 15.3 Å². The first-order valence-electron chi connectivity index (χ1n) is 8.06. The molecule has 0 bridgehead atoms. The van der Waals surface area contributed by atoms with Crippen molar-refractivity contribution in [2.75, 3.05) is 6.54 Å². The Morgan fingerprint density at radius 1 is 1.32 bits per heavy atom. The van der Waals surface area contributed by atoms with Crippen LogP contribution in [-0.4, -0.2) is 51.5 Å². The Balaban J connectivity index is 2.12. The number of carbonyl (C=O) groups excluding carboxylic acids is 2. The summed E-state index contributed by atoms with van der Waals surface area (Å²) in [5.41, 5.74) is 0.865. The van der Waals surface area contributed by atoms with Crippen molar-refractivity contribution in [1.82, 2.24) is 20.2 Å². The highest BCUT2D eigenvalue weighted by atomic mass is 19.4. The van der Waals surface area contributed by atoms with Gasteiger partial charge < -0.3 is 10.2 Å². The smallest absolute Gasteiger partial charge is 0.347 e. The minimum atomic E-state index is -4.47. The van der Waals surface area contributed by atoms with Crippen molar-refractivity contribution in [2.24, 2.45) is 0 Å². The molecule has 0 aromatic carbocycles. The van der Waals surface area contributed by atoms with E-state index in [1.54, 1.807) is 0 Å². The Bertz CT molecular complexity index is 649. The van der Waals surface area contributed by atoms with E-state index < -0.39 is 30.1 Å². The fraction of sp³-hybridized carbons (Fsp3) is 0.625. The maximum absolute atomic E-state index is 13.1. The van der Waals surface area contributed by atoms with Crippen LogP contribution in [0.4, 0.5) is 13.2 Å². The summed E-state index contributed by atoms with van der Waals surface area (Å²) >= 11 is 0. The number of aromatic nitrogens is 2. The molecular weight excluding hydrogens is 337 g/mol. The average molecular weight is 358 g/mol. The molecule has 0 radical (unpaired) electrons. The molecule has 2 amide bonds. The maximum Gasteiger partial charge on any atom is 0.408 e. The molecule has 2 rings (SSSR count). The van der Waals surface area contributed by atoms with E-state index in [1.807, 2.05) is 13.8 Å². The Kier molecular flexibility index (Phi) is 5.64. The number of likely N-dealkylation sites (tertiary alicyclic amines) is 1. The van der Waals surface area contributed by atoms with Crippen LogP contribution in [0.5, 0.6) is 0 Å². The van der Waals surface area contributed by atoms with Gasteiger partial charge in [-0.3, -0.25) is 9.59 Å². The van der Waals surface area contributed by atoms with Gasteiger partial charge in [0.15, 0.2) is 0 Å². The van der Waals surface area contributed by atoms with Crippen LogP contribution in [0.3, 0.4) is 0 Å². The van der Waals surface area contributed by atoms with Crippen LogP contribution in [0.2, 0.25) is 0 Å². The van der Waals surface area contributed by atoms with Crippen LogP contribution in [0.15, 0.2) is 12.5 Å². The number of amides is 2. The quantitative estimate of drug-likeness (QED) is 0.899. The third kappa shape index (κ3) is 4.46. The fourth-order valence-electron chi connectivity index (χ4n) is 3.01. The molecule has 138 valence electrons. The zero-order valence-corrected chi connectivity index (χ0v) is 14.3. The molecule has 6 nitrogen and oxygen atoms in total. The van der Waals surface area contributed by atoms with E-state index in [9.17, 15) is 22.8 Å². The highest BCUT2D eigenvalue weighted by molar-refractivity contribution is 5.95. The van der Waals surface area contributed by atoms with E-state index >= 15 is 0 Å². The Morgan fingerprint density at radius 2 is 2.00 bits per heavy atom. The predicted molar refractivity (Wildman–Crippen MR) is 83.8 cm³/mol. The van der Waals surface area contributed by atoms with Gasteiger partial charge in [-0.25, -0.2) is 9.97 Å². The Hall–Kier alpha value is -2.19. The van der Waals surface area contributed by atoms with Gasteiger partial charge >= 0.3 is 6.18 Å². The summed E-state index contributed by atoms with van der Waals surface area (Å²) in [5.74, 6) is -1.10. The van der Waals surface area contributed by atoms with Crippen molar-refractivity contribution in [3.05, 3.63) is 23.8 Å². The molecule has 0 spiro atoms. The number of alkyl halides is 3. The van der Waals surface area contributed by atoms with E-state index in [4.69, 9.17) is 0 Å². The van der Waals surface area contributed by atoms with Gasteiger partial charge in [-0.05, 0) is 18.8 Å². The highest BCUT2D eigenvalue weighted by Gasteiger charge is 2.47. The first kappa shape index (κ1) is 19.1. The molecule has 1 aliphatic heterocycles. The van der Waals surface area contributed by atoms with Gasteiger partial charge in [0.05, 0.1) is 11.3 Å². The van der Waals surface area contributed by atoms with E-state index in [0.29, 0.717) is 11.3 Å². The number of hydrogen-bond donors (Lipinski definition) is 1. The van der Waals surface area contributed by atoms with Crippen molar-refractivity contribution >= 4 is 11.8 Å². The monoisotopic (exact) mass is 358 g/mol. The molecular formula is C16H21F3N4O2. The fourth-order valence-corrected chi connectivity index (χ4v) is 3.01. The number of piperidine rings is 1. The average Bonchev–Trinajstić information content (AvgIpc) is 2.53. The van der Waals surface area contributed by atoms with Gasteiger partial charge in [0.1, 0.15) is 12.4 Å². The van der Waals surface area contributed by atoms with Gasteiger partial charge in [-0.15, -0.1) is 0 Å². The molecule has 1 aliphatic rings. The van der Waals surface area contributed by atoms with Crippen molar-refractivity contribution in [3.63, 3.8) is 0 Å². The maximum atomic E-state index is 13.1. The van der Waals surface area contributed by atoms with Crippen molar-refractivity contribution in [3.8, 4) is 0 Å². The SMILES string of the molecule is CC(=O)N1CC(NC(=O)c2cncnc2C(C)C)CCC1C(F)(F)F. The summed E-state index contributed by atoms with van der Waals surface area (Å²) in [4.78, 5) is 32.8. The number of nitrogens with zero attached hydrogens (tertiary/aromatic N) is 3. The third-order valence-corrected chi connectivity index (χ3v) is 4.23. The van der Waals surface area contributed by atoms with Gasteiger partial charge in [0.2, 0.25) is 5.91 Å². The van der Waals surface area contributed by atoms with Gasteiger partial charge in [-0.2, -0.15) is 13.2 Å². The number of nitrogens with one attached hydrogen (secondary N) is 1. The minimum Gasteiger partial charge on any atom is -0.347 e. The van der Waals surface area contributed by atoms with E-state index in [-0.39, 0.29) is 25.3 Å². The molecule has 2 unspecified atom stereocenters. The molecule has 1 fully saturated rings. The zero-order chi connectivity index (χ0) is 18.8. The normalized spacial score (nSPS) is 21.3. The van der Waals surface area contributed by atoms with E-state index in [1.165, 1.54) is 12.5 Å². The van der Waals surface area contributed by atoms with Crippen molar-refractivity contribution < 1.29 is 22.8 Å². The topological polar surface area (TPSA) is 75.2 Å². The molecule has 1 aromatic heterocycles. The summed E-state index contributed by atoms with van der Waals surface area (Å²) in [6.45, 7) is 4.69. The van der Waals surface area contributed by atoms with Gasteiger partial charge in [0, 0.05) is 25.7 Å². The van der Waals surface area contributed by atoms with Crippen molar-refractivity contribution in [1.29, 1.82) is 0 Å². The molecule has 1 saturated heterocycles. The first-order chi connectivity index (χ1) is 11.6. The van der Waals surface area contributed by atoms with Crippen LogP contribution >= 0.6 is 0 Å². The lowest BCUT2D eigenvalue weighted by Gasteiger charge is -2.40. The lowest BCUT2D eigenvalue weighted by Crippen LogP contribution is -2.57. The lowest BCUT2D eigenvalue weighted by molar-refractivity contribution is -0.196. The van der Waals surface area contributed by atoms with Gasteiger partial charge in [-0.1, -0.05) is 13.8 Å². The van der Waals surface area contributed by atoms with Crippen LogP contribution in [0.25, 0.3) is 0 Å². The van der Waals surface area contributed by atoms with Crippen LogP contribution in [-0.2, 0) is 4.79 Å². The predicted octanol–water partition coefficient (Wildman–Crippen LogP) is 2.27. The third-order valence-electron chi connectivity index (χ3n) is 4.23. The molecule has 25 heavy (non-hydrogen) atoms. The van der Waals surface area contributed by atoms with Crippen LogP contribution < -0.4 is 5.32 Å². The van der Waals surface area contributed by atoms with E-state index in [0.717, 1.165) is 11.8 Å². The molecule has 0 aliphatic carbocycles. The largest absolute Gasteiger partial charge is 0.408 e. The molecule has 0 saturated carbocycles. The first-order valence-corrected chi connectivity index (χ1v) is 8.06. The zero-order valence-electron chi connectivity index (χ0n) is 14.3. The van der Waals surface area contributed by atoms with Crippen LogP contribution in [0.1, 0.15) is 55.6 Å². The number of carbonyl (C=O) groups is 2. The molecule has 2 atom stereocenters. The second-order valence-electron chi connectivity index (χ2n) is 6.45.